The van der Waals surface area contributed by atoms with Crippen molar-refractivity contribution in [2.75, 3.05) is 12.4 Å². The van der Waals surface area contributed by atoms with Gasteiger partial charge in [0.25, 0.3) is 5.56 Å². The minimum absolute atomic E-state index is 0.0196. The van der Waals surface area contributed by atoms with E-state index in [9.17, 15) is 22.4 Å². The largest absolute Gasteiger partial charge is 0.331 e. The van der Waals surface area contributed by atoms with Crippen molar-refractivity contribution in [1.29, 1.82) is 0 Å². The van der Waals surface area contributed by atoms with Crippen LogP contribution in [0.3, 0.4) is 0 Å². The molecule has 4 rings (SSSR count). The van der Waals surface area contributed by atoms with Gasteiger partial charge in [-0.15, -0.1) is 0 Å². The van der Waals surface area contributed by atoms with Gasteiger partial charge in [0, 0.05) is 30.8 Å². The molecule has 0 spiro atoms. The molecule has 2 aromatic heterocycles. The number of sulfone groups is 1. The molecule has 0 aliphatic heterocycles. The first kappa shape index (κ1) is 23.4. The number of aromatic nitrogens is 4. The summed E-state index contributed by atoms with van der Waals surface area (Å²) in [7, 11) is -2.04. The number of fused-ring (bicyclic) bond motifs is 1. The lowest BCUT2D eigenvalue weighted by Crippen LogP contribution is -2.40. The lowest BCUT2D eigenvalue weighted by molar-refractivity contribution is 0.367. The number of hydrogen-bond donors (Lipinski definition) is 0. The maximum absolute atomic E-state index is 13.4. The number of halogens is 1. The summed E-state index contributed by atoms with van der Waals surface area (Å²) in [5, 5.41) is 4.25. The molecule has 0 bridgehead atoms. The van der Waals surface area contributed by atoms with E-state index in [1.165, 1.54) is 22.8 Å². The Kier molecular flexibility index (Phi) is 6.07. The molecule has 2 heterocycles. The molecule has 0 radical (unpaired) electrons. The summed E-state index contributed by atoms with van der Waals surface area (Å²) in [6.45, 7) is 3.85. The molecule has 33 heavy (non-hydrogen) atoms. The third-order valence-corrected chi connectivity index (χ3v) is 8.29. The molecule has 1 saturated carbocycles. The fourth-order valence-electron chi connectivity index (χ4n) is 4.05. The van der Waals surface area contributed by atoms with Crippen molar-refractivity contribution in [2.45, 2.75) is 51.1 Å². The molecule has 178 valence electrons. The molecule has 0 saturated heterocycles. The van der Waals surface area contributed by atoms with Crippen LogP contribution in [0, 0.1) is 11.3 Å². The Balaban J connectivity index is 1.86. The zero-order valence-electron chi connectivity index (χ0n) is 19.1. The summed E-state index contributed by atoms with van der Waals surface area (Å²) in [4.78, 5) is 26.6. The molecular formula is C23H29FN4O4S. The minimum atomic E-state index is -3.78. The summed E-state index contributed by atoms with van der Waals surface area (Å²) in [5.41, 5.74) is -0.706. The Morgan fingerprint density at radius 1 is 1.18 bits per heavy atom. The van der Waals surface area contributed by atoms with E-state index in [1.54, 1.807) is 24.1 Å². The van der Waals surface area contributed by atoms with Crippen LogP contribution in [0.5, 0.6) is 0 Å². The van der Waals surface area contributed by atoms with E-state index in [4.69, 9.17) is 0 Å². The highest BCUT2D eigenvalue weighted by Crippen LogP contribution is 2.47. The molecule has 0 atom stereocenters. The summed E-state index contributed by atoms with van der Waals surface area (Å²) in [6, 6.07) is 4.28. The number of nitrogens with zero attached hydrogens (tertiary/aromatic N) is 4. The van der Waals surface area contributed by atoms with Crippen molar-refractivity contribution in [3.63, 3.8) is 0 Å². The zero-order valence-corrected chi connectivity index (χ0v) is 19.9. The molecular weight excluding hydrogens is 447 g/mol. The fraction of sp³-hybridized carbons (Fsp3) is 0.522. The number of aryl methyl sites for hydroxylation is 2. The van der Waals surface area contributed by atoms with Crippen LogP contribution >= 0.6 is 0 Å². The third kappa shape index (κ3) is 4.66. The Bertz CT molecular complexity index is 1410. The van der Waals surface area contributed by atoms with Gasteiger partial charge in [0.15, 0.2) is 9.84 Å². The van der Waals surface area contributed by atoms with Crippen LogP contribution in [0.25, 0.3) is 10.9 Å². The molecule has 3 aromatic rings. The van der Waals surface area contributed by atoms with Crippen molar-refractivity contribution < 1.29 is 12.8 Å². The second kappa shape index (κ2) is 8.55. The summed E-state index contributed by atoms with van der Waals surface area (Å²) >= 11 is 0. The smallest absolute Gasteiger partial charge is 0.293 e. The summed E-state index contributed by atoms with van der Waals surface area (Å²) in [6.07, 6.45) is 5.12. The minimum Gasteiger partial charge on any atom is -0.293 e. The van der Waals surface area contributed by atoms with E-state index < -0.39 is 33.2 Å². The van der Waals surface area contributed by atoms with Gasteiger partial charge < -0.3 is 0 Å². The lowest BCUT2D eigenvalue weighted by atomic mass is 10.1. The molecule has 1 fully saturated rings. The predicted molar refractivity (Wildman–Crippen MR) is 124 cm³/mol. The van der Waals surface area contributed by atoms with Crippen molar-refractivity contribution in [3.8, 4) is 0 Å². The first-order valence-electron chi connectivity index (χ1n) is 11.1. The van der Waals surface area contributed by atoms with Gasteiger partial charge in [-0.1, -0.05) is 13.8 Å². The SMILES string of the molecule is CC(C)CCn1c(=O)n(Cc2cnn(C)c2)c(=O)c2cc(S(=O)(=O)CC3(CF)CC3)ccc21. The van der Waals surface area contributed by atoms with Gasteiger partial charge >= 0.3 is 5.69 Å². The molecule has 8 nitrogen and oxygen atoms in total. The first-order valence-corrected chi connectivity index (χ1v) is 12.7. The normalized spacial score (nSPS) is 15.4. The van der Waals surface area contributed by atoms with E-state index >= 15 is 0 Å². The number of rotatable bonds is 9. The van der Waals surface area contributed by atoms with Gasteiger partial charge in [-0.3, -0.25) is 23.0 Å². The highest BCUT2D eigenvalue weighted by atomic mass is 32.2. The van der Waals surface area contributed by atoms with E-state index in [0.29, 0.717) is 36.4 Å². The highest BCUT2D eigenvalue weighted by Gasteiger charge is 2.46. The van der Waals surface area contributed by atoms with Gasteiger partial charge in [0.2, 0.25) is 0 Å². The average molecular weight is 477 g/mol. The standard InChI is InChI=1S/C23H29FN4O4S/c1-16(2)6-9-27-20-5-4-18(33(31,32)15-23(14-24)7-8-23)10-19(20)21(29)28(22(27)30)13-17-11-25-26(3)12-17/h4-5,10-12,16H,6-9,13-15H2,1-3H3. The van der Waals surface area contributed by atoms with Crippen LogP contribution in [0.4, 0.5) is 4.39 Å². The predicted octanol–water partition coefficient (Wildman–Crippen LogP) is 2.51. The average Bonchev–Trinajstić information content (AvgIpc) is 3.41. The Morgan fingerprint density at radius 2 is 1.91 bits per heavy atom. The van der Waals surface area contributed by atoms with Crippen LogP contribution in [-0.2, 0) is 30.0 Å². The van der Waals surface area contributed by atoms with Crippen molar-refractivity contribution in [2.24, 2.45) is 18.4 Å². The Morgan fingerprint density at radius 3 is 2.48 bits per heavy atom. The summed E-state index contributed by atoms with van der Waals surface area (Å²) in [5.74, 6) is 0.0551. The van der Waals surface area contributed by atoms with Crippen LogP contribution < -0.4 is 11.2 Å². The first-order chi connectivity index (χ1) is 15.5. The monoisotopic (exact) mass is 476 g/mol. The fourth-order valence-corrected chi connectivity index (χ4v) is 5.97. The number of hydrogen-bond acceptors (Lipinski definition) is 5. The maximum Gasteiger partial charge on any atom is 0.331 e. The van der Waals surface area contributed by atoms with E-state index in [2.05, 4.69) is 5.10 Å². The topological polar surface area (TPSA) is 96.0 Å². The number of alkyl halides is 1. The van der Waals surface area contributed by atoms with Crippen LogP contribution in [0.2, 0.25) is 0 Å². The zero-order chi connectivity index (χ0) is 24.0. The van der Waals surface area contributed by atoms with Gasteiger partial charge in [-0.2, -0.15) is 5.10 Å². The molecule has 1 aliphatic rings. The van der Waals surface area contributed by atoms with Gasteiger partial charge in [-0.05, 0) is 43.4 Å². The molecule has 10 heteroatoms. The van der Waals surface area contributed by atoms with Crippen molar-refractivity contribution in [1.82, 2.24) is 18.9 Å². The van der Waals surface area contributed by atoms with E-state index in [-0.39, 0.29) is 22.6 Å². The van der Waals surface area contributed by atoms with Crippen LogP contribution in [-0.4, -0.2) is 39.8 Å². The molecule has 0 unspecified atom stereocenters. The van der Waals surface area contributed by atoms with Crippen molar-refractivity contribution >= 4 is 20.7 Å². The van der Waals surface area contributed by atoms with E-state index in [1.807, 2.05) is 13.8 Å². The van der Waals surface area contributed by atoms with E-state index in [0.717, 1.165) is 11.0 Å². The van der Waals surface area contributed by atoms with Gasteiger partial charge in [0.1, 0.15) is 0 Å². The third-order valence-electron chi connectivity index (χ3n) is 6.32. The second-order valence-electron chi connectivity index (χ2n) is 9.60. The Labute approximate surface area is 191 Å². The lowest BCUT2D eigenvalue weighted by Gasteiger charge is -2.16. The summed E-state index contributed by atoms with van der Waals surface area (Å²) < 4.78 is 43.6. The molecule has 0 N–H and O–H groups in total. The van der Waals surface area contributed by atoms with Crippen LogP contribution in [0.15, 0.2) is 45.1 Å². The molecule has 1 aliphatic carbocycles. The van der Waals surface area contributed by atoms with Gasteiger partial charge in [0.05, 0.1) is 41.0 Å². The number of benzene rings is 1. The highest BCUT2D eigenvalue weighted by molar-refractivity contribution is 7.91. The Hall–Kier alpha value is -2.75. The maximum atomic E-state index is 13.4. The molecule has 0 amide bonds. The quantitative estimate of drug-likeness (QED) is 0.473. The second-order valence-corrected chi connectivity index (χ2v) is 11.6. The van der Waals surface area contributed by atoms with Crippen molar-refractivity contribution in [3.05, 3.63) is 57.0 Å². The van der Waals surface area contributed by atoms with Crippen LogP contribution in [0.1, 0.15) is 38.7 Å². The molecule has 1 aromatic carbocycles. The van der Waals surface area contributed by atoms with Gasteiger partial charge in [-0.25, -0.2) is 13.2 Å².